The van der Waals surface area contributed by atoms with Gasteiger partial charge in [0.05, 0.1) is 0 Å². The fourth-order valence-corrected chi connectivity index (χ4v) is 5.93. The standard InChI is InChI=1S/C32H36N2O7S/c1-18-21(4)40-29-20(3)30-25(15-24(18)29)19(2)23(32(39)41-30)12-13-27(35)34-26(31(38)33-14-8-11-28(36)37)17-42-16-22-9-6-5-7-10-22/h5-7,9-10,15,26H,8,11-14,16-17H2,1-4H3,(H,33,38)(H,34,35)(H,36,37)/t26-/m0/s1. The molecular formula is C32H36N2O7S. The molecule has 0 unspecified atom stereocenters. The molecule has 0 saturated heterocycles. The molecule has 0 radical (unpaired) electrons. The van der Waals surface area contributed by atoms with Gasteiger partial charge in [-0.25, -0.2) is 4.79 Å². The number of nitrogens with one attached hydrogen (secondary N) is 2. The van der Waals surface area contributed by atoms with Crippen LogP contribution in [0.3, 0.4) is 0 Å². The van der Waals surface area contributed by atoms with Crippen LogP contribution in [0.25, 0.3) is 21.9 Å². The van der Waals surface area contributed by atoms with E-state index in [1.807, 2.05) is 64.1 Å². The van der Waals surface area contributed by atoms with Crippen molar-refractivity contribution in [3.63, 3.8) is 0 Å². The quantitative estimate of drug-likeness (QED) is 0.144. The third-order valence-corrected chi connectivity index (χ3v) is 8.57. The zero-order chi connectivity index (χ0) is 30.4. The first kappa shape index (κ1) is 30.9. The van der Waals surface area contributed by atoms with Gasteiger partial charge in [-0.1, -0.05) is 30.3 Å². The first-order valence-corrected chi connectivity index (χ1v) is 15.1. The number of aliphatic carboxylic acids is 1. The molecule has 0 spiro atoms. The van der Waals surface area contributed by atoms with Gasteiger partial charge in [-0.2, -0.15) is 11.8 Å². The molecule has 2 amide bonds. The molecule has 9 nitrogen and oxygen atoms in total. The van der Waals surface area contributed by atoms with Crippen molar-refractivity contribution in [1.29, 1.82) is 0 Å². The van der Waals surface area contributed by atoms with Gasteiger partial charge in [0.15, 0.2) is 0 Å². The first-order chi connectivity index (χ1) is 20.1. The second-order valence-electron chi connectivity index (χ2n) is 10.4. The molecule has 0 saturated carbocycles. The van der Waals surface area contributed by atoms with Crippen LogP contribution >= 0.6 is 11.8 Å². The predicted octanol–water partition coefficient (Wildman–Crippen LogP) is 5.10. The summed E-state index contributed by atoms with van der Waals surface area (Å²) in [6, 6.07) is 11.0. The Labute approximate surface area is 248 Å². The first-order valence-electron chi connectivity index (χ1n) is 13.9. The Bertz CT molecular complexity index is 1670. The number of fused-ring (bicyclic) bond motifs is 2. The number of carboxylic acid groups (broad SMARTS) is 1. The summed E-state index contributed by atoms with van der Waals surface area (Å²) in [5.41, 5.74) is 4.73. The largest absolute Gasteiger partial charge is 0.481 e. The van der Waals surface area contributed by atoms with Crippen molar-refractivity contribution < 1.29 is 28.3 Å². The number of carbonyl (C=O) groups is 3. The Morgan fingerprint density at radius 2 is 1.62 bits per heavy atom. The second-order valence-corrected chi connectivity index (χ2v) is 11.5. The molecule has 42 heavy (non-hydrogen) atoms. The third kappa shape index (κ3) is 7.23. The molecule has 2 aromatic heterocycles. The maximum absolute atomic E-state index is 13.0. The molecule has 0 aliphatic rings. The van der Waals surface area contributed by atoms with E-state index in [9.17, 15) is 19.2 Å². The van der Waals surface area contributed by atoms with E-state index in [-0.39, 0.29) is 37.6 Å². The third-order valence-electron chi connectivity index (χ3n) is 7.46. The Morgan fingerprint density at radius 3 is 2.33 bits per heavy atom. The Kier molecular flexibility index (Phi) is 10.1. The molecule has 0 aliphatic carbocycles. The number of carbonyl (C=O) groups excluding carboxylic acids is 2. The number of carboxylic acids is 1. The predicted molar refractivity (Wildman–Crippen MR) is 164 cm³/mol. The van der Waals surface area contributed by atoms with Crippen molar-refractivity contribution in [1.82, 2.24) is 10.6 Å². The second kappa shape index (κ2) is 13.7. The number of furan rings is 1. The average molecular weight is 593 g/mol. The van der Waals surface area contributed by atoms with Crippen LogP contribution in [0.4, 0.5) is 0 Å². The Balaban J connectivity index is 1.46. The maximum Gasteiger partial charge on any atom is 0.339 e. The molecule has 0 bridgehead atoms. The number of rotatable bonds is 13. The van der Waals surface area contributed by atoms with Crippen molar-refractivity contribution in [3.05, 3.63) is 80.4 Å². The number of benzene rings is 2. The van der Waals surface area contributed by atoms with E-state index in [0.29, 0.717) is 34.7 Å². The van der Waals surface area contributed by atoms with Gasteiger partial charge in [-0.15, -0.1) is 0 Å². The summed E-state index contributed by atoms with van der Waals surface area (Å²) in [4.78, 5) is 49.7. The van der Waals surface area contributed by atoms with Gasteiger partial charge in [-0.3, -0.25) is 14.4 Å². The summed E-state index contributed by atoms with van der Waals surface area (Å²) in [7, 11) is 0. The van der Waals surface area contributed by atoms with Crippen LogP contribution in [-0.4, -0.2) is 41.2 Å². The average Bonchev–Trinajstić information content (AvgIpc) is 3.25. The zero-order valence-electron chi connectivity index (χ0n) is 24.3. The smallest absolute Gasteiger partial charge is 0.339 e. The summed E-state index contributed by atoms with van der Waals surface area (Å²) in [5, 5.41) is 16.1. The fourth-order valence-electron chi connectivity index (χ4n) is 4.91. The van der Waals surface area contributed by atoms with Crippen LogP contribution < -0.4 is 16.3 Å². The van der Waals surface area contributed by atoms with Gasteiger partial charge in [-0.05, 0) is 63.3 Å². The van der Waals surface area contributed by atoms with Crippen LogP contribution in [0.5, 0.6) is 0 Å². The summed E-state index contributed by atoms with van der Waals surface area (Å²) in [5.74, 6) is 0.132. The van der Waals surface area contributed by atoms with Gasteiger partial charge < -0.3 is 24.6 Å². The molecule has 2 heterocycles. The van der Waals surface area contributed by atoms with E-state index in [4.69, 9.17) is 13.9 Å². The fraction of sp³-hybridized carbons (Fsp3) is 0.375. The lowest BCUT2D eigenvalue weighted by atomic mass is 9.98. The van der Waals surface area contributed by atoms with Crippen LogP contribution in [0.2, 0.25) is 0 Å². The van der Waals surface area contributed by atoms with E-state index in [0.717, 1.165) is 38.8 Å². The van der Waals surface area contributed by atoms with Crippen LogP contribution in [0.1, 0.15) is 52.8 Å². The number of amides is 2. The van der Waals surface area contributed by atoms with Crippen molar-refractivity contribution in [2.45, 2.75) is 65.2 Å². The van der Waals surface area contributed by atoms with Crippen molar-refractivity contribution in [2.75, 3.05) is 12.3 Å². The number of thioether (sulfide) groups is 1. The lowest BCUT2D eigenvalue weighted by Gasteiger charge is -2.18. The number of hydrogen-bond acceptors (Lipinski definition) is 7. The maximum atomic E-state index is 13.0. The van der Waals surface area contributed by atoms with Crippen LogP contribution in [0, 0.1) is 27.7 Å². The van der Waals surface area contributed by atoms with E-state index >= 15 is 0 Å². The van der Waals surface area contributed by atoms with Crippen LogP contribution in [-0.2, 0) is 26.6 Å². The van der Waals surface area contributed by atoms with Crippen molar-refractivity contribution in [2.24, 2.45) is 0 Å². The molecule has 3 N–H and O–H groups in total. The zero-order valence-corrected chi connectivity index (χ0v) is 25.1. The molecule has 4 aromatic rings. The van der Waals surface area contributed by atoms with Gasteiger partial charge >= 0.3 is 11.6 Å². The van der Waals surface area contributed by atoms with Gasteiger partial charge in [0.2, 0.25) is 11.8 Å². The summed E-state index contributed by atoms with van der Waals surface area (Å²) < 4.78 is 11.6. The van der Waals surface area contributed by atoms with E-state index in [2.05, 4.69) is 10.6 Å². The molecule has 0 fully saturated rings. The molecule has 0 aliphatic heterocycles. The molecular weight excluding hydrogens is 556 g/mol. The van der Waals surface area contributed by atoms with Crippen molar-refractivity contribution in [3.8, 4) is 0 Å². The SMILES string of the molecule is Cc1oc2c(C)c3oc(=O)c(CCC(=O)N[C@@H](CSCc4ccccc4)C(=O)NCCCC(=O)O)c(C)c3cc2c1C. The molecule has 1 atom stereocenters. The minimum atomic E-state index is -0.935. The molecule has 4 rings (SSSR count). The monoisotopic (exact) mass is 592 g/mol. The van der Waals surface area contributed by atoms with Gasteiger partial charge in [0.1, 0.15) is 23.0 Å². The molecule has 222 valence electrons. The summed E-state index contributed by atoms with van der Waals surface area (Å²) in [6.45, 7) is 7.80. The molecule has 2 aromatic carbocycles. The lowest BCUT2D eigenvalue weighted by molar-refractivity contribution is -0.137. The summed E-state index contributed by atoms with van der Waals surface area (Å²) >= 11 is 1.51. The molecule has 10 heteroatoms. The minimum absolute atomic E-state index is 0.00563. The van der Waals surface area contributed by atoms with Gasteiger partial charge in [0, 0.05) is 52.8 Å². The highest BCUT2D eigenvalue weighted by Gasteiger charge is 2.23. The van der Waals surface area contributed by atoms with E-state index < -0.39 is 17.6 Å². The Morgan fingerprint density at radius 1 is 0.929 bits per heavy atom. The summed E-state index contributed by atoms with van der Waals surface area (Å²) in [6.07, 6.45) is 0.382. The van der Waals surface area contributed by atoms with Crippen molar-refractivity contribution >= 4 is 51.5 Å². The Hall–Kier alpha value is -4.05. The van der Waals surface area contributed by atoms with Gasteiger partial charge in [0.25, 0.3) is 0 Å². The number of hydrogen-bond donors (Lipinski definition) is 3. The normalized spacial score (nSPS) is 12.0. The minimum Gasteiger partial charge on any atom is -0.481 e. The van der Waals surface area contributed by atoms with E-state index in [1.54, 1.807) is 0 Å². The van der Waals surface area contributed by atoms with E-state index in [1.165, 1.54) is 11.8 Å². The highest BCUT2D eigenvalue weighted by molar-refractivity contribution is 7.98. The van der Waals surface area contributed by atoms with Crippen LogP contribution in [0.15, 0.2) is 50.0 Å². The lowest BCUT2D eigenvalue weighted by Crippen LogP contribution is -2.48. The number of aryl methyl sites for hydroxylation is 4. The topological polar surface area (TPSA) is 139 Å². The highest BCUT2D eigenvalue weighted by atomic mass is 32.2. The highest BCUT2D eigenvalue weighted by Crippen LogP contribution is 2.34.